The van der Waals surface area contributed by atoms with E-state index in [0.29, 0.717) is 0 Å². The highest BCUT2D eigenvalue weighted by molar-refractivity contribution is 7.22. The van der Waals surface area contributed by atoms with Crippen molar-refractivity contribution in [3.8, 4) is 56.2 Å². The van der Waals surface area contributed by atoms with Gasteiger partial charge in [0.05, 0.1) is 11.4 Å². The monoisotopic (exact) mass is 664 g/mol. The Bertz CT molecular complexity index is 2660. The first-order valence-corrected chi connectivity index (χ1v) is 19.8. The zero-order chi connectivity index (χ0) is 33.5. The number of benzene rings is 7. The molecule has 0 fully saturated rings. The fraction of sp³-hybridized carbons (Fsp3) is 0.0417. The lowest BCUT2D eigenvalue weighted by molar-refractivity contribution is 1.13. The molecule has 0 saturated heterocycles. The number of nitrogens with zero attached hydrogens (tertiary/aromatic N) is 2. The number of rotatable bonds is 4. The van der Waals surface area contributed by atoms with Crippen molar-refractivity contribution in [1.29, 1.82) is 0 Å². The molecular formula is C48H32N2Si. The van der Waals surface area contributed by atoms with E-state index < -0.39 is 8.07 Å². The van der Waals surface area contributed by atoms with Crippen LogP contribution in [0.25, 0.3) is 56.2 Å². The first-order chi connectivity index (χ1) is 25.3. The molecule has 0 radical (unpaired) electrons. The third-order valence-electron chi connectivity index (χ3n) is 11.4. The van der Waals surface area contributed by atoms with Gasteiger partial charge in [-0.25, -0.2) is 9.97 Å². The molecule has 2 nitrogen and oxygen atoms in total. The molecule has 0 bridgehead atoms. The maximum absolute atomic E-state index is 5.52. The molecule has 0 spiro atoms. The van der Waals surface area contributed by atoms with Crippen molar-refractivity contribution in [1.82, 2.24) is 9.97 Å². The van der Waals surface area contributed by atoms with Crippen LogP contribution in [0.15, 0.2) is 170 Å². The van der Waals surface area contributed by atoms with Gasteiger partial charge in [-0.1, -0.05) is 164 Å². The minimum atomic E-state index is -2.65. The van der Waals surface area contributed by atoms with Gasteiger partial charge in [0.2, 0.25) is 0 Å². The van der Waals surface area contributed by atoms with Gasteiger partial charge in [0.15, 0.2) is 13.9 Å². The molecule has 1 aliphatic heterocycles. The summed E-state index contributed by atoms with van der Waals surface area (Å²) in [6.07, 6.45) is 1.82. The average Bonchev–Trinajstić information content (AvgIpc) is 3.86. The third kappa shape index (κ3) is 4.10. The molecule has 11 rings (SSSR count). The van der Waals surface area contributed by atoms with Crippen LogP contribution in [-0.2, 0) is 12.8 Å². The molecule has 7 aromatic carbocycles. The summed E-state index contributed by atoms with van der Waals surface area (Å²) < 4.78 is 0. The lowest BCUT2D eigenvalue weighted by Crippen LogP contribution is -2.72. The van der Waals surface area contributed by atoms with Crippen molar-refractivity contribution in [2.75, 3.05) is 0 Å². The van der Waals surface area contributed by atoms with Gasteiger partial charge in [-0.2, -0.15) is 0 Å². The third-order valence-corrected chi connectivity index (χ3v) is 16.3. The molecule has 238 valence electrons. The van der Waals surface area contributed by atoms with Crippen LogP contribution in [0.1, 0.15) is 22.3 Å². The highest BCUT2D eigenvalue weighted by Gasteiger charge is 2.48. The van der Waals surface area contributed by atoms with Crippen LogP contribution >= 0.6 is 0 Å². The Labute approximate surface area is 298 Å². The SMILES string of the molecule is c1ccc([Si]2(c3ccccc3)c3ccccc3-c3ccc(-c4nc(-c5ccc6c(c5)-c5ccccc5C6)c5c(n4)-c4ccccc4C5)cc32)cc1. The van der Waals surface area contributed by atoms with Crippen LogP contribution in [0.3, 0.4) is 0 Å². The van der Waals surface area contributed by atoms with Gasteiger partial charge >= 0.3 is 0 Å². The second-order valence-corrected chi connectivity index (χ2v) is 17.8. The topological polar surface area (TPSA) is 25.8 Å². The fourth-order valence-corrected chi connectivity index (χ4v) is 14.4. The van der Waals surface area contributed by atoms with E-state index in [9.17, 15) is 0 Å². The Balaban J connectivity index is 1.16. The van der Waals surface area contributed by atoms with Gasteiger partial charge in [0, 0.05) is 28.7 Å². The van der Waals surface area contributed by atoms with Gasteiger partial charge in [0.25, 0.3) is 0 Å². The zero-order valence-electron chi connectivity index (χ0n) is 28.0. The summed E-state index contributed by atoms with van der Waals surface area (Å²) in [6, 6.07) is 63.0. The van der Waals surface area contributed by atoms with Crippen LogP contribution in [-0.4, -0.2) is 18.0 Å². The summed E-state index contributed by atoms with van der Waals surface area (Å²) in [7, 11) is -2.65. The summed E-state index contributed by atoms with van der Waals surface area (Å²) in [4.78, 5) is 11.0. The smallest absolute Gasteiger partial charge is 0.180 e. The van der Waals surface area contributed by atoms with E-state index in [1.807, 2.05) is 0 Å². The van der Waals surface area contributed by atoms with E-state index in [-0.39, 0.29) is 0 Å². The van der Waals surface area contributed by atoms with Gasteiger partial charge in [-0.15, -0.1) is 0 Å². The lowest BCUT2D eigenvalue weighted by atomic mass is 9.98. The Morgan fingerprint density at radius 1 is 0.373 bits per heavy atom. The molecule has 0 unspecified atom stereocenters. The summed E-state index contributed by atoms with van der Waals surface area (Å²) >= 11 is 0. The van der Waals surface area contributed by atoms with Crippen molar-refractivity contribution in [2.45, 2.75) is 12.8 Å². The van der Waals surface area contributed by atoms with Crippen LogP contribution in [0.5, 0.6) is 0 Å². The van der Waals surface area contributed by atoms with Gasteiger partial charge in [-0.05, 0) is 72.2 Å². The quantitative estimate of drug-likeness (QED) is 0.177. The minimum Gasteiger partial charge on any atom is -0.228 e. The Morgan fingerprint density at radius 3 is 1.71 bits per heavy atom. The van der Waals surface area contributed by atoms with Crippen molar-refractivity contribution >= 4 is 28.8 Å². The van der Waals surface area contributed by atoms with Crippen molar-refractivity contribution in [2.24, 2.45) is 0 Å². The van der Waals surface area contributed by atoms with Gasteiger partial charge in [-0.3, -0.25) is 0 Å². The summed E-state index contributed by atoms with van der Waals surface area (Å²) in [5.41, 5.74) is 16.2. The minimum absolute atomic E-state index is 0.782. The molecule has 2 heterocycles. The number of fused-ring (bicyclic) bond motifs is 9. The standard InChI is InChI=1S/C48H32N2Si/c1-3-15-36(16-4-1)51(37-17-5-2-6-18-37)44-22-12-11-21-40(44)41-26-25-35(30-45(41)51)48-49-46(43-28-32-14-8-10-20-39(32)47(43)50-48)34-24-23-33-27-31-13-7-9-19-38(31)42(33)29-34/h1-26,29-30H,27-28H2. The zero-order valence-corrected chi connectivity index (χ0v) is 29.0. The predicted molar refractivity (Wildman–Crippen MR) is 212 cm³/mol. The highest BCUT2D eigenvalue weighted by atomic mass is 28.3. The predicted octanol–water partition coefficient (Wildman–Crippen LogP) is 8.31. The first kappa shape index (κ1) is 28.7. The second kappa shape index (κ2) is 10.9. The van der Waals surface area contributed by atoms with E-state index in [0.717, 1.165) is 41.2 Å². The summed E-state index contributed by atoms with van der Waals surface area (Å²) in [6.45, 7) is 0. The van der Waals surface area contributed by atoms with Crippen molar-refractivity contribution < 1.29 is 0 Å². The molecule has 0 saturated carbocycles. The molecule has 2 aliphatic carbocycles. The Morgan fingerprint density at radius 2 is 0.941 bits per heavy atom. The Hall–Kier alpha value is -6.16. The van der Waals surface area contributed by atoms with E-state index in [1.54, 1.807) is 0 Å². The summed E-state index contributed by atoms with van der Waals surface area (Å²) in [5.74, 6) is 0.782. The van der Waals surface area contributed by atoms with Crippen molar-refractivity contribution in [3.63, 3.8) is 0 Å². The first-order valence-electron chi connectivity index (χ1n) is 17.8. The molecule has 51 heavy (non-hydrogen) atoms. The lowest BCUT2D eigenvalue weighted by Gasteiger charge is -2.31. The molecule has 3 aliphatic rings. The molecular weight excluding hydrogens is 633 g/mol. The molecule has 0 amide bonds. The molecule has 0 atom stereocenters. The van der Waals surface area contributed by atoms with Gasteiger partial charge < -0.3 is 0 Å². The molecule has 0 N–H and O–H groups in total. The van der Waals surface area contributed by atoms with Crippen LogP contribution < -0.4 is 20.7 Å². The average molecular weight is 665 g/mol. The van der Waals surface area contributed by atoms with E-state index in [4.69, 9.17) is 9.97 Å². The van der Waals surface area contributed by atoms with E-state index in [2.05, 4.69) is 170 Å². The Kier molecular flexibility index (Phi) is 6.13. The number of hydrogen-bond acceptors (Lipinski definition) is 2. The largest absolute Gasteiger partial charge is 0.228 e. The second-order valence-electron chi connectivity index (χ2n) is 14.1. The maximum Gasteiger partial charge on any atom is 0.180 e. The van der Waals surface area contributed by atoms with Crippen LogP contribution in [0.4, 0.5) is 0 Å². The van der Waals surface area contributed by atoms with E-state index >= 15 is 0 Å². The molecule has 1 aromatic heterocycles. The van der Waals surface area contributed by atoms with Crippen molar-refractivity contribution in [3.05, 3.63) is 192 Å². The normalized spacial score (nSPS) is 13.9. The van der Waals surface area contributed by atoms with Crippen LogP contribution in [0.2, 0.25) is 0 Å². The number of aromatic nitrogens is 2. The fourth-order valence-electron chi connectivity index (χ4n) is 9.19. The number of hydrogen-bond donors (Lipinski definition) is 0. The van der Waals surface area contributed by atoms with Gasteiger partial charge in [0.1, 0.15) is 0 Å². The van der Waals surface area contributed by atoms with E-state index in [1.165, 1.54) is 70.8 Å². The molecule has 3 heteroatoms. The molecule has 8 aromatic rings. The summed E-state index contributed by atoms with van der Waals surface area (Å²) in [5, 5.41) is 5.63. The highest BCUT2D eigenvalue weighted by Crippen LogP contribution is 2.44. The van der Waals surface area contributed by atoms with Crippen LogP contribution in [0, 0.1) is 0 Å². The maximum atomic E-state index is 5.52.